The molecule has 2 aromatic carbocycles. The van der Waals surface area contributed by atoms with Crippen molar-refractivity contribution in [3.63, 3.8) is 0 Å². The fourth-order valence-electron chi connectivity index (χ4n) is 3.77. The lowest BCUT2D eigenvalue weighted by molar-refractivity contribution is 0.376. The normalized spacial score (nSPS) is 18.1. The van der Waals surface area contributed by atoms with Crippen LogP contribution in [0.2, 0.25) is 0 Å². The molecule has 4 heteroatoms. The van der Waals surface area contributed by atoms with Crippen molar-refractivity contribution in [3.05, 3.63) is 71.3 Å². The molecule has 1 aliphatic heterocycles. The Bertz CT molecular complexity index is 738. The first-order chi connectivity index (χ1) is 11.8. The van der Waals surface area contributed by atoms with Gasteiger partial charge in [0.05, 0.1) is 0 Å². The zero-order valence-electron chi connectivity index (χ0n) is 14.7. The minimum absolute atomic E-state index is 0. The smallest absolute Gasteiger partial charge is 0.193 e. The summed E-state index contributed by atoms with van der Waals surface area (Å²) in [6.07, 6.45) is 3.63. The van der Waals surface area contributed by atoms with Crippen LogP contribution in [-0.4, -0.2) is 31.0 Å². The number of halogens is 1. The van der Waals surface area contributed by atoms with Crippen molar-refractivity contribution in [1.82, 2.24) is 10.2 Å². The summed E-state index contributed by atoms with van der Waals surface area (Å²) in [5, 5.41) is 3.65. The van der Waals surface area contributed by atoms with Gasteiger partial charge >= 0.3 is 0 Å². The lowest BCUT2D eigenvalue weighted by atomic mass is 9.96. The van der Waals surface area contributed by atoms with Crippen molar-refractivity contribution in [2.45, 2.75) is 31.2 Å². The minimum Gasteiger partial charge on any atom is -0.355 e. The van der Waals surface area contributed by atoms with Crippen LogP contribution >= 0.6 is 24.0 Å². The molecule has 0 bridgehead atoms. The SMILES string of the molecule is CN=C(NCC1(c2ccccc2)CC1)N1CCc2ccccc2C1.I. The third-order valence-corrected chi connectivity index (χ3v) is 5.47. The second-order valence-corrected chi connectivity index (χ2v) is 6.99. The molecule has 3 nitrogen and oxygen atoms in total. The average Bonchev–Trinajstić information content (AvgIpc) is 3.44. The summed E-state index contributed by atoms with van der Waals surface area (Å²) in [6, 6.07) is 19.7. The predicted octanol–water partition coefficient (Wildman–Crippen LogP) is 3.97. The number of hydrogen-bond donors (Lipinski definition) is 1. The largest absolute Gasteiger partial charge is 0.355 e. The van der Waals surface area contributed by atoms with Gasteiger partial charge in [0.2, 0.25) is 0 Å². The van der Waals surface area contributed by atoms with E-state index in [0.29, 0.717) is 5.41 Å². The van der Waals surface area contributed by atoms with Gasteiger partial charge in [0.25, 0.3) is 0 Å². The molecule has 25 heavy (non-hydrogen) atoms. The van der Waals surface area contributed by atoms with E-state index >= 15 is 0 Å². The first-order valence-corrected chi connectivity index (χ1v) is 8.89. The van der Waals surface area contributed by atoms with Gasteiger partial charge in [-0.05, 0) is 36.0 Å². The van der Waals surface area contributed by atoms with Crippen LogP contribution in [0.25, 0.3) is 0 Å². The summed E-state index contributed by atoms with van der Waals surface area (Å²) in [4.78, 5) is 6.92. The number of aliphatic imine (C=N–C) groups is 1. The van der Waals surface area contributed by atoms with Crippen molar-refractivity contribution in [1.29, 1.82) is 0 Å². The predicted molar refractivity (Wildman–Crippen MR) is 115 cm³/mol. The number of rotatable bonds is 3. The molecule has 1 saturated carbocycles. The summed E-state index contributed by atoms with van der Waals surface area (Å²) in [6.45, 7) is 2.96. The van der Waals surface area contributed by atoms with Crippen molar-refractivity contribution < 1.29 is 0 Å². The topological polar surface area (TPSA) is 27.6 Å². The molecule has 1 heterocycles. The van der Waals surface area contributed by atoms with Gasteiger partial charge in [-0.25, -0.2) is 0 Å². The van der Waals surface area contributed by atoms with E-state index in [2.05, 4.69) is 69.8 Å². The van der Waals surface area contributed by atoms with E-state index in [9.17, 15) is 0 Å². The monoisotopic (exact) mass is 447 g/mol. The molecule has 0 spiro atoms. The highest BCUT2D eigenvalue weighted by molar-refractivity contribution is 14.0. The van der Waals surface area contributed by atoms with E-state index in [1.807, 2.05) is 7.05 Å². The van der Waals surface area contributed by atoms with Crippen LogP contribution in [0.5, 0.6) is 0 Å². The summed E-state index contributed by atoms with van der Waals surface area (Å²) in [5.74, 6) is 1.03. The van der Waals surface area contributed by atoms with E-state index in [0.717, 1.165) is 32.0 Å². The third kappa shape index (κ3) is 3.84. The number of nitrogens with one attached hydrogen (secondary N) is 1. The molecular weight excluding hydrogens is 421 g/mol. The van der Waals surface area contributed by atoms with Crippen LogP contribution < -0.4 is 5.32 Å². The van der Waals surface area contributed by atoms with Gasteiger partial charge in [-0.1, -0.05) is 54.6 Å². The van der Waals surface area contributed by atoms with E-state index in [-0.39, 0.29) is 24.0 Å². The van der Waals surface area contributed by atoms with Crippen molar-refractivity contribution >= 4 is 29.9 Å². The number of hydrogen-bond acceptors (Lipinski definition) is 1. The molecule has 132 valence electrons. The maximum absolute atomic E-state index is 4.54. The lowest BCUT2D eigenvalue weighted by Crippen LogP contribution is -2.46. The molecular formula is C21H26IN3. The Morgan fingerprint density at radius 3 is 2.40 bits per heavy atom. The highest BCUT2D eigenvalue weighted by Gasteiger charge is 2.44. The molecule has 0 atom stereocenters. The molecule has 0 unspecified atom stereocenters. The molecule has 0 aromatic heterocycles. The summed E-state index contributed by atoms with van der Waals surface area (Å²) >= 11 is 0. The molecule has 0 saturated heterocycles. The van der Waals surface area contributed by atoms with Crippen LogP contribution in [0, 0.1) is 0 Å². The van der Waals surface area contributed by atoms with Gasteiger partial charge < -0.3 is 10.2 Å². The van der Waals surface area contributed by atoms with Gasteiger partial charge in [0, 0.05) is 32.1 Å². The van der Waals surface area contributed by atoms with Crippen LogP contribution in [-0.2, 0) is 18.4 Å². The molecule has 0 amide bonds. The van der Waals surface area contributed by atoms with E-state index < -0.39 is 0 Å². The lowest BCUT2D eigenvalue weighted by Gasteiger charge is -2.32. The van der Waals surface area contributed by atoms with Gasteiger partial charge in [-0.2, -0.15) is 0 Å². The Kier molecular flexibility index (Phi) is 5.67. The minimum atomic E-state index is 0. The second-order valence-electron chi connectivity index (χ2n) is 6.99. The summed E-state index contributed by atoms with van der Waals surface area (Å²) in [7, 11) is 1.89. The number of guanidine groups is 1. The zero-order chi connectivity index (χ0) is 16.4. The van der Waals surface area contributed by atoms with Gasteiger partial charge in [-0.15, -0.1) is 24.0 Å². The van der Waals surface area contributed by atoms with Gasteiger partial charge in [0.15, 0.2) is 5.96 Å². The fourth-order valence-corrected chi connectivity index (χ4v) is 3.77. The third-order valence-electron chi connectivity index (χ3n) is 5.47. The molecule has 1 N–H and O–H groups in total. The number of fused-ring (bicyclic) bond motifs is 1. The zero-order valence-corrected chi connectivity index (χ0v) is 17.1. The van der Waals surface area contributed by atoms with Crippen LogP contribution in [0.4, 0.5) is 0 Å². The van der Waals surface area contributed by atoms with Crippen LogP contribution in [0.3, 0.4) is 0 Å². The molecule has 2 aromatic rings. The van der Waals surface area contributed by atoms with E-state index in [1.54, 1.807) is 0 Å². The van der Waals surface area contributed by atoms with Crippen molar-refractivity contribution in [3.8, 4) is 0 Å². The second kappa shape index (κ2) is 7.77. The Morgan fingerprint density at radius 1 is 1.04 bits per heavy atom. The fraction of sp³-hybridized carbons (Fsp3) is 0.381. The van der Waals surface area contributed by atoms with Crippen molar-refractivity contribution in [2.75, 3.05) is 20.1 Å². The van der Waals surface area contributed by atoms with E-state index in [1.165, 1.54) is 29.5 Å². The highest BCUT2D eigenvalue weighted by atomic mass is 127. The molecule has 4 rings (SSSR count). The first-order valence-electron chi connectivity index (χ1n) is 8.89. The number of nitrogens with zero attached hydrogens (tertiary/aromatic N) is 2. The van der Waals surface area contributed by atoms with Gasteiger partial charge in [-0.3, -0.25) is 4.99 Å². The molecule has 2 aliphatic rings. The molecule has 1 fully saturated rings. The standard InChI is InChI=1S/C21H25N3.HI/c1-22-20(24-14-11-17-7-5-6-8-18(17)15-24)23-16-21(12-13-21)19-9-3-2-4-10-19;/h2-10H,11-16H2,1H3,(H,22,23);1H. The Labute approximate surface area is 167 Å². The maximum atomic E-state index is 4.54. The van der Waals surface area contributed by atoms with Crippen LogP contribution in [0.1, 0.15) is 29.5 Å². The summed E-state index contributed by atoms with van der Waals surface area (Å²) in [5.41, 5.74) is 4.67. The maximum Gasteiger partial charge on any atom is 0.193 e. The average molecular weight is 447 g/mol. The Balaban J connectivity index is 0.00000182. The Morgan fingerprint density at radius 2 is 1.72 bits per heavy atom. The van der Waals surface area contributed by atoms with Gasteiger partial charge in [0.1, 0.15) is 0 Å². The van der Waals surface area contributed by atoms with Crippen LogP contribution in [0.15, 0.2) is 59.6 Å². The van der Waals surface area contributed by atoms with E-state index in [4.69, 9.17) is 0 Å². The highest BCUT2D eigenvalue weighted by Crippen LogP contribution is 2.47. The summed E-state index contributed by atoms with van der Waals surface area (Å²) < 4.78 is 0. The molecule has 1 aliphatic carbocycles. The van der Waals surface area contributed by atoms with Crippen molar-refractivity contribution in [2.24, 2.45) is 4.99 Å². The quantitative estimate of drug-likeness (QED) is 0.438. The Hall–Kier alpha value is -1.56. The number of benzene rings is 2. The first kappa shape index (κ1) is 18.2. The molecule has 0 radical (unpaired) electrons.